The van der Waals surface area contributed by atoms with E-state index in [9.17, 15) is 22.4 Å². The number of halogens is 5. The molecule has 10 heteroatoms. The predicted molar refractivity (Wildman–Crippen MR) is 119 cm³/mol. The number of rotatable bonds is 6. The van der Waals surface area contributed by atoms with Crippen LogP contribution < -0.4 is 10.6 Å². The number of piperidine rings is 1. The lowest BCUT2D eigenvalue weighted by molar-refractivity contribution is -0.138. The topological polar surface area (TPSA) is 56.7 Å². The quantitative estimate of drug-likeness (QED) is 0.243. The monoisotopic (exact) mass is 544 g/mol. The number of guanidine groups is 1. The number of nitrogens with zero attached hydrogens (tertiary/aromatic N) is 2. The molecule has 1 heterocycles. The van der Waals surface area contributed by atoms with E-state index in [0.717, 1.165) is 37.9 Å². The number of carbonyl (C=O) groups is 1. The number of alkyl halides is 3. The fourth-order valence-electron chi connectivity index (χ4n) is 3.36. The molecule has 1 aliphatic heterocycles. The van der Waals surface area contributed by atoms with Gasteiger partial charge in [-0.2, -0.15) is 13.2 Å². The number of amides is 1. The average Bonchev–Trinajstić information content (AvgIpc) is 2.66. The summed E-state index contributed by atoms with van der Waals surface area (Å²) in [7, 11) is 0. The van der Waals surface area contributed by atoms with Crippen LogP contribution in [0.2, 0.25) is 0 Å². The SMILES string of the molecule is CCNC(=NCc1ccc(F)cc1C(F)(F)F)NCCC(=O)N1CCCCC1C.I. The molecule has 5 nitrogen and oxygen atoms in total. The maximum Gasteiger partial charge on any atom is 0.416 e. The Morgan fingerprint density at radius 1 is 1.27 bits per heavy atom. The van der Waals surface area contributed by atoms with E-state index in [1.54, 1.807) is 0 Å². The molecule has 0 radical (unpaired) electrons. The summed E-state index contributed by atoms with van der Waals surface area (Å²) in [6.45, 7) is 5.20. The van der Waals surface area contributed by atoms with Gasteiger partial charge in [0, 0.05) is 32.1 Å². The molecule has 2 N–H and O–H groups in total. The van der Waals surface area contributed by atoms with E-state index in [1.165, 1.54) is 0 Å². The van der Waals surface area contributed by atoms with Crippen LogP contribution in [-0.4, -0.2) is 42.4 Å². The average molecular weight is 544 g/mol. The largest absolute Gasteiger partial charge is 0.416 e. The summed E-state index contributed by atoms with van der Waals surface area (Å²) in [5.74, 6) is -0.580. The molecule has 0 saturated carbocycles. The maximum atomic E-state index is 13.2. The first-order valence-electron chi connectivity index (χ1n) is 9.89. The number of carbonyl (C=O) groups excluding carboxylic acids is 1. The Labute approximate surface area is 191 Å². The Kier molecular flexibility index (Phi) is 10.9. The molecule has 0 aromatic heterocycles. The third-order valence-electron chi connectivity index (χ3n) is 4.88. The number of hydrogen-bond donors (Lipinski definition) is 2. The zero-order valence-corrected chi connectivity index (χ0v) is 19.5. The highest BCUT2D eigenvalue weighted by Gasteiger charge is 2.33. The highest BCUT2D eigenvalue weighted by molar-refractivity contribution is 14.0. The first-order chi connectivity index (χ1) is 13.7. The molecule has 1 aliphatic rings. The van der Waals surface area contributed by atoms with Gasteiger partial charge in [0.15, 0.2) is 5.96 Å². The smallest absolute Gasteiger partial charge is 0.357 e. The number of hydrogen-bond acceptors (Lipinski definition) is 2. The van der Waals surface area contributed by atoms with Crippen molar-refractivity contribution in [2.75, 3.05) is 19.6 Å². The summed E-state index contributed by atoms with van der Waals surface area (Å²) in [4.78, 5) is 18.4. The summed E-state index contributed by atoms with van der Waals surface area (Å²) >= 11 is 0. The van der Waals surface area contributed by atoms with E-state index < -0.39 is 17.6 Å². The summed E-state index contributed by atoms with van der Waals surface area (Å²) in [6, 6.07) is 2.78. The normalized spacial score (nSPS) is 17.3. The van der Waals surface area contributed by atoms with Crippen molar-refractivity contribution in [2.24, 2.45) is 4.99 Å². The molecule has 0 aliphatic carbocycles. The minimum absolute atomic E-state index is 0. The van der Waals surface area contributed by atoms with Crippen LogP contribution in [0.25, 0.3) is 0 Å². The van der Waals surface area contributed by atoms with Crippen LogP contribution in [0.15, 0.2) is 23.2 Å². The van der Waals surface area contributed by atoms with Crippen molar-refractivity contribution < 1.29 is 22.4 Å². The van der Waals surface area contributed by atoms with Crippen molar-refractivity contribution in [2.45, 2.75) is 58.3 Å². The van der Waals surface area contributed by atoms with Crippen LogP contribution in [0.3, 0.4) is 0 Å². The van der Waals surface area contributed by atoms with Gasteiger partial charge in [-0.05, 0) is 50.8 Å². The second-order valence-corrected chi connectivity index (χ2v) is 7.10. The van der Waals surface area contributed by atoms with Crippen molar-refractivity contribution in [3.05, 3.63) is 35.1 Å². The summed E-state index contributed by atoms with van der Waals surface area (Å²) in [5, 5.41) is 5.92. The van der Waals surface area contributed by atoms with Crippen LogP contribution in [0, 0.1) is 5.82 Å². The number of benzene rings is 1. The molecule has 0 bridgehead atoms. The van der Waals surface area contributed by atoms with Gasteiger partial charge in [0.25, 0.3) is 0 Å². The van der Waals surface area contributed by atoms with Gasteiger partial charge >= 0.3 is 6.18 Å². The third-order valence-corrected chi connectivity index (χ3v) is 4.88. The van der Waals surface area contributed by atoms with Gasteiger partial charge in [-0.15, -0.1) is 24.0 Å². The zero-order chi connectivity index (χ0) is 21.4. The van der Waals surface area contributed by atoms with Gasteiger partial charge < -0.3 is 15.5 Å². The first kappa shape index (κ1) is 26.4. The summed E-state index contributed by atoms with van der Waals surface area (Å²) in [6.07, 6.45) is -1.24. The fourth-order valence-corrected chi connectivity index (χ4v) is 3.36. The molecular weight excluding hydrogens is 515 g/mol. The van der Waals surface area contributed by atoms with E-state index in [1.807, 2.05) is 18.7 Å². The molecular formula is C20H29F4IN4O. The number of likely N-dealkylation sites (tertiary alicyclic amines) is 1. The second kappa shape index (κ2) is 12.3. The number of nitrogens with one attached hydrogen (secondary N) is 2. The molecule has 1 aromatic carbocycles. The Balaban J connectivity index is 0.00000450. The fraction of sp³-hybridized carbons (Fsp3) is 0.600. The van der Waals surface area contributed by atoms with Crippen molar-refractivity contribution in [3.63, 3.8) is 0 Å². The molecule has 1 unspecified atom stereocenters. The lowest BCUT2D eigenvalue weighted by Crippen LogP contribution is -2.44. The van der Waals surface area contributed by atoms with Crippen LogP contribution >= 0.6 is 24.0 Å². The van der Waals surface area contributed by atoms with Crippen molar-refractivity contribution in [1.82, 2.24) is 15.5 Å². The molecule has 1 saturated heterocycles. The molecule has 1 atom stereocenters. The Bertz CT molecular complexity index is 727. The molecule has 1 fully saturated rings. The molecule has 1 aromatic rings. The Hall–Kier alpha value is -1.59. The van der Waals surface area contributed by atoms with Gasteiger partial charge in [0.2, 0.25) is 5.91 Å². The maximum absolute atomic E-state index is 13.2. The molecule has 1 amide bonds. The van der Waals surface area contributed by atoms with Crippen molar-refractivity contribution in [1.29, 1.82) is 0 Å². The van der Waals surface area contributed by atoms with E-state index in [2.05, 4.69) is 15.6 Å². The number of aliphatic imine (C=N–C) groups is 1. The van der Waals surface area contributed by atoms with Gasteiger partial charge in [-0.1, -0.05) is 6.07 Å². The van der Waals surface area contributed by atoms with Crippen molar-refractivity contribution >= 4 is 35.8 Å². The molecule has 2 rings (SSSR count). The summed E-state index contributed by atoms with van der Waals surface area (Å²) in [5.41, 5.74) is -1.15. The minimum atomic E-state index is -4.66. The van der Waals surface area contributed by atoms with Crippen molar-refractivity contribution in [3.8, 4) is 0 Å². The van der Waals surface area contributed by atoms with Crippen LogP contribution in [0.1, 0.15) is 50.7 Å². The highest BCUT2D eigenvalue weighted by Crippen LogP contribution is 2.32. The third kappa shape index (κ3) is 7.92. The Morgan fingerprint density at radius 3 is 2.63 bits per heavy atom. The van der Waals surface area contributed by atoms with Gasteiger partial charge in [-0.3, -0.25) is 4.79 Å². The van der Waals surface area contributed by atoms with E-state index in [-0.39, 0.29) is 54.5 Å². The van der Waals surface area contributed by atoms with Gasteiger partial charge in [0.1, 0.15) is 5.82 Å². The van der Waals surface area contributed by atoms with E-state index in [4.69, 9.17) is 0 Å². The lowest BCUT2D eigenvalue weighted by atomic mass is 10.0. The van der Waals surface area contributed by atoms with E-state index in [0.29, 0.717) is 25.1 Å². The second-order valence-electron chi connectivity index (χ2n) is 7.10. The molecule has 30 heavy (non-hydrogen) atoms. The zero-order valence-electron chi connectivity index (χ0n) is 17.2. The van der Waals surface area contributed by atoms with Crippen LogP contribution in [0.4, 0.5) is 17.6 Å². The van der Waals surface area contributed by atoms with Crippen LogP contribution in [0.5, 0.6) is 0 Å². The van der Waals surface area contributed by atoms with Gasteiger partial charge in [-0.25, -0.2) is 9.38 Å². The molecule has 0 spiro atoms. The van der Waals surface area contributed by atoms with Gasteiger partial charge in [0.05, 0.1) is 12.1 Å². The summed E-state index contributed by atoms with van der Waals surface area (Å²) < 4.78 is 52.6. The lowest BCUT2D eigenvalue weighted by Gasteiger charge is -2.33. The minimum Gasteiger partial charge on any atom is -0.357 e. The highest BCUT2D eigenvalue weighted by atomic mass is 127. The van der Waals surface area contributed by atoms with Crippen LogP contribution in [-0.2, 0) is 17.5 Å². The van der Waals surface area contributed by atoms with E-state index >= 15 is 0 Å². The Morgan fingerprint density at radius 2 is 2.00 bits per heavy atom. The molecule has 170 valence electrons. The standard InChI is InChI=1S/C20H28F4N4O.HI/c1-3-25-19(26-10-9-18(29)28-11-5-4-6-14(28)2)27-13-15-7-8-16(21)12-17(15)20(22,23)24;/h7-8,12,14H,3-6,9-11,13H2,1-2H3,(H2,25,26,27);1H. The first-order valence-corrected chi connectivity index (χ1v) is 9.89. The predicted octanol–water partition coefficient (Wildman–Crippen LogP) is 4.31.